The van der Waals surface area contributed by atoms with Crippen LogP contribution in [0.15, 0.2) is 0 Å². The van der Waals surface area contributed by atoms with Crippen LogP contribution in [0.2, 0.25) is 0 Å². The lowest BCUT2D eigenvalue weighted by Crippen LogP contribution is -2.38. The molecule has 6 amide bonds. The fourth-order valence-corrected chi connectivity index (χ4v) is 13.7. The molecular formula is C33H40I6N6O13. The maximum Gasteiger partial charge on any atom is 0.256 e. The molecule has 0 bridgehead atoms. The van der Waals surface area contributed by atoms with E-state index in [0.29, 0.717) is 22.8 Å². The smallest absolute Gasteiger partial charge is 0.256 e. The molecule has 2 aromatic rings. The number of rotatable bonds is 22. The maximum atomic E-state index is 14.1. The van der Waals surface area contributed by atoms with Crippen LogP contribution < -0.4 is 26.6 Å². The molecule has 322 valence electrons. The van der Waals surface area contributed by atoms with Gasteiger partial charge in [-0.05, 0) is 155 Å². The summed E-state index contributed by atoms with van der Waals surface area (Å²) in [6.07, 6.45) is -1.13. The highest BCUT2D eigenvalue weighted by Crippen LogP contribution is 2.37. The number of carbonyl (C=O) groups excluding carboxylic acids is 6. The summed E-state index contributed by atoms with van der Waals surface area (Å²) < 4.78 is 1.59. The van der Waals surface area contributed by atoms with E-state index in [1.807, 2.05) is 136 Å². The Bertz CT molecular complexity index is 1860. The highest BCUT2D eigenvalue weighted by molar-refractivity contribution is 14.1. The van der Waals surface area contributed by atoms with Crippen molar-refractivity contribution in [3.63, 3.8) is 0 Å². The summed E-state index contributed by atoms with van der Waals surface area (Å²) in [6, 6.07) is 0. The number of nitrogens with zero attached hydrogens (tertiary/aromatic N) is 1. The Labute approximate surface area is 414 Å². The van der Waals surface area contributed by atoms with Crippen molar-refractivity contribution in [2.75, 3.05) is 76.4 Å². The summed E-state index contributed by atoms with van der Waals surface area (Å²) >= 11 is 11.1. The number of halogens is 6. The van der Waals surface area contributed by atoms with Gasteiger partial charge in [-0.25, -0.2) is 0 Å². The number of nitrogens with one attached hydrogen (secondary N) is 5. The van der Waals surface area contributed by atoms with Crippen molar-refractivity contribution in [3.05, 3.63) is 43.7 Å². The maximum absolute atomic E-state index is 14.1. The summed E-state index contributed by atoms with van der Waals surface area (Å²) in [5.41, 5.74) is 0.406. The first-order valence-corrected chi connectivity index (χ1v) is 23.4. The second-order valence-electron chi connectivity index (χ2n) is 12.0. The van der Waals surface area contributed by atoms with E-state index >= 15 is 0 Å². The van der Waals surface area contributed by atoms with Crippen LogP contribution in [-0.4, -0.2) is 154 Å². The van der Waals surface area contributed by atoms with Gasteiger partial charge >= 0.3 is 0 Å². The highest BCUT2D eigenvalue weighted by atomic mass is 127. The minimum Gasteiger partial charge on any atom is -0.395 e. The Morgan fingerprint density at radius 2 is 0.914 bits per heavy atom. The number of hydrogen-bond donors (Lipinski definition) is 12. The van der Waals surface area contributed by atoms with Crippen LogP contribution >= 0.6 is 136 Å². The van der Waals surface area contributed by atoms with Crippen LogP contribution in [0.5, 0.6) is 0 Å². The van der Waals surface area contributed by atoms with Crippen molar-refractivity contribution in [3.8, 4) is 0 Å². The summed E-state index contributed by atoms with van der Waals surface area (Å²) in [7, 11) is 0. The molecular weight excluding hydrogens is 1450 g/mol. The van der Waals surface area contributed by atoms with Gasteiger partial charge in [0.25, 0.3) is 23.6 Å². The van der Waals surface area contributed by atoms with Crippen LogP contribution in [0.3, 0.4) is 0 Å². The van der Waals surface area contributed by atoms with Gasteiger partial charge < -0.3 is 67.2 Å². The van der Waals surface area contributed by atoms with Gasteiger partial charge in [0.1, 0.15) is 13.2 Å². The van der Waals surface area contributed by atoms with E-state index in [4.69, 9.17) is 5.11 Å². The van der Waals surface area contributed by atoms with E-state index in [9.17, 15) is 59.4 Å². The molecule has 2 rings (SSSR count). The Morgan fingerprint density at radius 3 is 1.31 bits per heavy atom. The zero-order valence-corrected chi connectivity index (χ0v) is 43.1. The van der Waals surface area contributed by atoms with Gasteiger partial charge in [0.05, 0.1) is 79.9 Å². The lowest BCUT2D eigenvalue weighted by molar-refractivity contribution is -0.119. The van der Waals surface area contributed by atoms with Crippen LogP contribution in [0.25, 0.3) is 0 Å². The van der Waals surface area contributed by atoms with E-state index in [2.05, 4.69) is 26.6 Å². The van der Waals surface area contributed by atoms with E-state index in [0.717, 1.165) is 0 Å². The molecule has 0 saturated carbocycles. The average Bonchev–Trinajstić information content (AvgIpc) is 3.19. The normalized spacial score (nSPS) is 12.0. The molecule has 0 fully saturated rings. The molecule has 25 heteroatoms. The number of hydrogen-bond acceptors (Lipinski definition) is 13. The van der Waals surface area contributed by atoms with E-state index in [-0.39, 0.29) is 84.2 Å². The van der Waals surface area contributed by atoms with Gasteiger partial charge in [-0.3, -0.25) is 28.8 Å². The summed E-state index contributed by atoms with van der Waals surface area (Å²) in [5.74, 6) is -4.07. The molecule has 0 radical (unpaired) electrons. The van der Waals surface area contributed by atoms with Gasteiger partial charge in [-0.1, -0.05) is 0 Å². The number of carbonyl (C=O) groups is 6. The molecule has 2 aromatic carbocycles. The summed E-state index contributed by atoms with van der Waals surface area (Å²) in [6.45, 7) is -3.66. The van der Waals surface area contributed by atoms with Crippen LogP contribution in [0.4, 0.5) is 11.4 Å². The predicted octanol–water partition coefficient (Wildman–Crippen LogP) is 0.377. The SMILES string of the molecule is O=C(CO)Nc1c(I)c(C(=O)NCCCCCN(CCO)C(=O)c2c(I)c(NC(=O)CO)c(I)c(C(=O)NCC(O)CO)c2I)c(I)c(C(=O)NCC(O)CO)c1I. The summed E-state index contributed by atoms with van der Waals surface area (Å²) in [5, 5.41) is 79.2. The second-order valence-corrected chi connectivity index (χ2v) is 18.4. The molecule has 0 saturated heterocycles. The molecule has 0 heterocycles. The zero-order valence-electron chi connectivity index (χ0n) is 30.1. The minimum absolute atomic E-state index is 0.0108. The first kappa shape index (κ1) is 53.5. The Kier molecular flexibility index (Phi) is 24.7. The van der Waals surface area contributed by atoms with Crippen LogP contribution in [0.1, 0.15) is 60.7 Å². The Morgan fingerprint density at radius 1 is 0.517 bits per heavy atom. The number of anilines is 2. The number of aliphatic hydroxyl groups is 7. The van der Waals surface area contributed by atoms with E-state index in [1.54, 1.807) is 0 Å². The third kappa shape index (κ3) is 14.7. The predicted molar refractivity (Wildman–Crippen MR) is 261 cm³/mol. The largest absolute Gasteiger partial charge is 0.395 e. The summed E-state index contributed by atoms with van der Waals surface area (Å²) in [4.78, 5) is 79.9. The van der Waals surface area contributed by atoms with Crippen molar-refractivity contribution in [1.29, 1.82) is 0 Å². The number of amides is 6. The van der Waals surface area contributed by atoms with Gasteiger partial charge in [-0.2, -0.15) is 0 Å². The molecule has 0 aromatic heterocycles. The van der Waals surface area contributed by atoms with Crippen molar-refractivity contribution in [2.24, 2.45) is 0 Å². The third-order valence-electron chi connectivity index (χ3n) is 7.81. The Hall–Kier alpha value is -0.640. The first-order valence-electron chi connectivity index (χ1n) is 17.0. The zero-order chi connectivity index (χ0) is 43.9. The molecule has 0 aliphatic carbocycles. The molecule has 0 aliphatic rings. The Balaban J connectivity index is 2.30. The minimum atomic E-state index is -1.24. The van der Waals surface area contributed by atoms with Crippen LogP contribution in [-0.2, 0) is 9.59 Å². The lowest BCUT2D eigenvalue weighted by Gasteiger charge is -2.25. The van der Waals surface area contributed by atoms with Crippen molar-refractivity contribution >= 4 is 182 Å². The molecule has 0 spiro atoms. The number of benzene rings is 2. The topological polar surface area (TPSA) is 307 Å². The molecule has 0 aliphatic heterocycles. The third-order valence-corrected chi connectivity index (χ3v) is 14.3. The quantitative estimate of drug-likeness (QED) is 0.0562. The molecule has 58 heavy (non-hydrogen) atoms. The van der Waals surface area contributed by atoms with Gasteiger partial charge in [0, 0.05) is 39.9 Å². The van der Waals surface area contributed by atoms with Gasteiger partial charge in [-0.15, -0.1) is 0 Å². The van der Waals surface area contributed by atoms with Crippen LogP contribution in [0, 0.1) is 21.4 Å². The highest BCUT2D eigenvalue weighted by Gasteiger charge is 2.32. The van der Waals surface area contributed by atoms with Crippen molar-refractivity contribution in [1.82, 2.24) is 20.9 Å². The average molecular weight is 1490 g/mol. The lowest BCUT2D eigenvalue weighted by atomic mass is 10.1. The fourth-order valence-electron chi connectivity index (χ4n) is 4.91. The van der Waals surface area contributed by atoms with Gasteiger partial charge in [0.15, 0.2) is 0 Å². The molecule has 2 atom stereocenters. The molecule has 12 N–H and O–H groups in total. The second kappa shape index (κ2) is 26.7. The number of unbranched alkanes of at least 4 members (excludes halogenated alkanes) is 2. The van der Waals surface area contributed by atoms with Crippen molar-refractivity contribution < 1.29 is 64.5 Å². The van der Waals surface area contributed by atoms with E-state index in [1.165, 1.54) is 4.90 Å². The first-order chi connectivity index (χ1) is 27.4. The van der Waals surface area contributed by atoms with E-state index < -0.39 is 80.7 Å². The standard InChI is InChI=1S/C33H40I6N6O13/c34-22-18(24(36)28(43-16(53)12-49)25(37)19(22)31(56)41-8-14(51)10-47)30(55)40-4-2-1-3-5-45(6-7-46)33(58)21-23(35)20(32(57)42-9-15(52)11-48)26(38)29(27(21)39)44-17(54)13-50/h14-15,46-52H,1-13H2,(H,40,55)(H,41,56)(H,42,57)(H,43,53)(H,44,54). The number of aliphatic hydroxyl groups excluding tert-OH is 7. The van der Waals surface area contributed by atoms with Gasteiger partial charge in [0.2, 0.25) is 11.8 Å². The monoisotopic (exact) mass is 1490 g/mol. The van der Waals surface area contributed by atoms with Crippen molar-refractivity contribution in [2.45, 2.75) is 31.5 Å². The molecule has 2 unspecified atom stereocenters. The molecule has 19 nitrogen and oxygen atoms in total. The fraction of sp³-hybridized carbons (Fsp3) is 0.455.